The van der Waals surface area contributed by atoms with Gasteiger partial charge in [-0.2, -0.15) is 0 Å². The van der Waals surface area contributed by atoms with Gasteiger partial charge in [0.05, 0.1) is 11.3 Å². The number of aromatic nitrogens is 4. The Morgan fingerprint density at radius 1 is 1.22 bits per heavy atom. The van der Waals surface area contributed by atoms with Crippen molar-refractivity contribution < 1.29 is 0 Å². The highest BCUT2D eigenvalue weighted by Crippen LogP contribution is 2.33. The molecule has 0 bridgehead atoms. The maximum absolute atomic E-state index is 6.04. The van der Waals surface area contributed by atoms with Crippen LogP contribution < -0.4 is 16.4 Å². The second-order valence-corrected chi connectivity index (χ2v) is 8.13. The normalized spacial score (nSPS) is 15.5. The summed E-state index contributed by atoms with van der Waals surface area (Å²) in [6, 6.07) is 0. The van der Waals surface area contributed by atoms with E-state index in [0.717, 1.165) is 67.4 Å². The van der Waals surface area contributed by atoms with Gasteiger partial charge < -0.3 is 20.9 Å². The van der Waals surface area contributed by atoms with Crippen molar-refractivity contribution in [3.63, 3.8) is 0 Å². The molecule has 0 amide bonds. The van der Waals surface area contributed by atoms with Crippen LogP contribution in [-0.2, 0) is 6.54 Å². The van der Waals surface area contributed by atoms with E-state index in [4.69, 9.17) is 16.5 Å². The number of hydrogen-bond donors (Lipinski definition) is 2. The standard InChI is InChI=1S/C25H35N7/c1-6-9-20(14-17(4)7-2)21-15-31(8-3)24(30-21)19-10-12-32(13-11-19)25-22(18(5)26)23(27)28-16-29-25/h6,9,14-16,19H,4-5,7-8,10-13,26H2,1-3H3,(H2,27,28,29)/b9-6-,20-14+. The SMILES string of the molecule is C=C(/C=C(\C=C/C)c1cn(CC)c(C2CCN(c3ncnc(N)c3C(=C)N)CC2)n1)CC. The fourth-order valence-corrected chi connectivity index (χ4v) is 4.14. The van der Waals surface area contributed by atoms with Crippen LogP contribution >= 0.6 is 0 Å². The number of imidazole rings is 1. The summed E-state index contributed by atoms with van der Waals surface area (Å²) in [4.78, 5) is 15.8. The van der Waals surface area contributed by atoms with Gasteiger partial charge >= 0.3 is 0 Å². The maximum atomic E-state index is 6.04. The van der Waals surface area contributed by atoms with Crippen molar-refractivity contribution >= 4 is 22.9 Å². The quantitative estimate of drug-likeness (QED) is 0.594. The molecule has 7 nitrogen and oxygen atoms in total. The van der Waals surface area contributed by atoms with Crippen molar-refractivity contribution in [1.82, 2.24) is 19.5 Å². The fraction of sp³-hybridized carbons (Fsp3) is 0.400. The van der Waals surface area contributed by atoms with Gasteiger partial charge in [-0.3, -0.25) is 0 Å². The first kappa shape index (κ1) is 23.3. The molecule has 3 rings (SSSR count). The molecule has 0 saturated carbocycles. The smallest absolute Gasteiger partial charge is 0.143 e. The number of nitrogens with two attached hydrogens (primary N) is 2. The number of hydrogen-bond acceptors (Lipinski definition) is 6. The van der Waals surface area contributed by atoms with Crippen LogP contribution in [0.5, 0.6) is 0 Å². The summed E-state index contributed by atoms with van der Waals surface area (Å²) in [5, 5.41) is 0. The van der Waals surface area contributed by atoms with E-state index in [1.807, 2.05) is 13.0 Å². The summed E-state index contributed by atoms with van der Waals surface area (Å²) in [6.07, 6.45) is 12.8. The van der Waals surface area contributed by atoms with E-state index in [0.29, 0.717) is 23.0 Å². The molecule has 4 N–H and O–H groups in total. The Kier molecular flexibility index (Phi) is 7.51. The lowest BCUT2D eigenvalue weighted by Crippen LogP contribution is -2.35. The molecule has 0 radical (unpaired) electrons. The lowest BCUT2D eigenvalue weighted by molar-refractivity contribution is 0.466. The molecule has 170 valence electrons. The second-order valence-electron chi connectivity index (χ2n) is 8.13. The number of rotatable bonds is 8. The van der Waals surface area contributed by atoms with Crippen LogP contribution in [0.15, 0.2) is 49.5 Å². The van der Waals surface area contributed by atoms with Crippen molar-refractivity contribution in [1.29, 1.82) is 0 Å². The molecule has 3 heterocycles. The Hall–Kier alpha value is -3.35. The van der Waals surface area contributed by atoms with E-state index in [-0.39, 0.29) is 0 Å². The predicted octanol–water partition coefficient (Wildman–Crippen LogP) is 4.51. The maximum Gasteiger partial charge on any atom is 0.143 e. The molecule has 32 heavy (non-hydrogen) atoms. The third-order valence-electron chi connectivity index (χ3n) is 5.94. The molecular weight excluding hydrogens is 398 g/mol. The fourth-order valence-electron chi connectivity index (χ4n) is 4.14. The lowest BCUT2D eigenvalue weighted by Gasteiger charge is -2.33. The molecule has 2 aromatic rings. The molecule has 2 aromatic heterocycles. The minimum absolute atomic E-state index is 0.368. The van der Waals surface area contributed by atoms with Crippen molar-refractivity contribution in [2.75, 3.05) is 23.7 Å². The summed E-state index contributed by atoms with van der Waals surface area (Å²) >= 11 is 0. The van der Waals surface area contributed by atoms with Gasteiger partial charge in [-0.15, -0.1) is 0 Å². The third kappa shape index (κ3) is 4.93. The van der Waals surface area contributed by atoms with Crippen LogP contribution in [0.1, 0.15) is 63.0 Å². The van der Waals surface area contributed by atoms with E-state index in [1.165, 1.54) is 6.33 Å². The first-order chi connectivity index (χ1) is 15.4. The summed E-state index contributed by atoms with van der Waals surface area (Å²) in [5.41, 5.74) is 16.2. The average Bonchev–Trinajstić information content (AvgIpc) is 3.22. The second kappa shape index (κ2) is 10.3. The Morgan fingerprint density at radius 2 is 1.94 bits per heavy atom. The Labute approximate surface area is 191 Å². The van der Waals surface area contributed by atoms with Crippen LogP contribution in [-0.4, -0.2) is 32.6 Å². The van der Waals surface area contributed by atoms with Gasteiger partial charge in [0, 0.05) is 43.0 Å². The number of nitrogens with zero attached hydrogens (tertiary/aromatic N) is 5. The average molecular weight is 434 g/mol. The number of piperidine rings is 1. The topological polar surface area (TPSA) is 98.9 Å². The largest absolute Gasteiger partial charge is 0.399 e. The Morgan fingerprint density at radius 3 is 2.53 bits per heavy atom. The molecule has 7 heteroatoms. The summed E-state index contributed by atoms with van der Waals surface area (Å²) in [5.74, 6) is 2.65. The molecule has 1 aliphatic heterocycles. The minimum atomic E-state index is 0.368. The van der Waals surface area contributed by atoms with Crippen LogP contribution in [0.25, 0.3) is 11.3 Å². The van der Waals surface area contributed by atoms with E-state index in [1.54, 1.807) is 0 Å². The van der Waals surface area contributed by atoms with Crippen LogP contribution in [0.3, 0.4) is 0 Å². The zero-order valence-corrected chi connectivity index (χ0v) is 19.5. The highest BCUT2D eigenvalue weighted by Gasteiger charge is 2.27. The van der Waals surface area contributed by atoms with E-state index in [9.17, 15) is 0 Å². The number of anilines is 2. The summed E-state index contributed by atoms with van der Waals surface area (Å²) in [7, 11) is 0. The van der Waals surface area contributed by atoms with E-state index in [2.05, 4.69) is 64.8 Å². The molecule has 1 fully saturated rings. The molecule has 0 spiro atoms. The monoisotopic (exact) mass is 433 g/mol. The van der Waals surface area contributed by atoms with Gasteiger partial charge in [0.1, 0.15) is 23.8 Å². The van der Waals surface area contributed by atoms with E-state index >= 15 is 0 Å². The lowest BCUT2D eigenvalue weighted by atomic mass is 9.95. The van der Waals surface area contributed by atoms with Crippen LogP contribution in [0, 0.1) is 0 Å². The number of allylic oxidation sites excluding steroid dienone is 5. The van der Waals surface area contributed by atoms with Crippen LogP contribution in [0.4, 0.5) is 11.6 Å². The summed E-state index contributed by atoms with van der Waals surface area (Å²) in [6.45, 7) is 16.9. The van der Waals surface area contributed by atoms with Gasteiger partial charge in [0.25, 0.3) is 0 Å². The van der Waals surface area contributed by atoms with Crippen molar-refractivity contribution in [3.05, 3.63) is 66.6 Å². The van der Waals surface area contributed by atoms with E-state index < -0.39 is 0 Å². The molecule has 0 unspecified atom stereocenters. The van der Waals surface area contributed by atoms with Gasteiger partial charge in [0.15, 0.2) is 0 Å². The van der Waals surface area contributed by atoms with Crippen LogP contribution in [0.2, 0.25) is 0 Å². The molecule has 1 aliphatic rings. The highest BCUT2D eigenvalue weighted by molar-refractivity contribution is 5.78. The first-order valence-corrected chi connectivity index (χ1v) is 11.3. The molecule has 0 aliphatic carbocycles. The zero-order chi connectivity index (χ0) is 23.3. The number of nitrogen functional groups attached to an aromatic ring is 1. The third-order valence-corrected chi connectivity index (χ3v) is 5.94. The first-order valence-electron chi connectivity index (χ1n) is 11.3. The molecule has 0 atom stereocenters. The highest BCUT2D eigenvalue weighted by atomic mass is 15.2. The Bertz CT molecular complexity index is 1040. The van der Waals surface area contributed by atoms with Gasteiger partial charge in [-0.05, 0) is 33.1 Å². The van der Waals surface area contributed by atoms with Crippen molar-refractivity contribution in [2.45, 2.75) is 52.5 Å². The summed E-state index contributed by atoms with van der Waals surface area (Å²) < 4.78 is 2.28. The molecule has 0 aromatic carbocycles. The predicted molar refractivity (Wildman–Crippen MR) is 134 cm³/mol. The van der Waals surface area contributed by atoms with Crippen molar-refractivity contribution in [2.24, 2.45) is 5.73 Å². The molecule has 1 saturated heterocycles. The zero-order valence-electron chi connectivity index (χ0n) is 19.5. The molecular formula is C25H35N7. The number of aryl methyl sites for hydroxylation is 1. The van der Waals surface area contributed by atoms with Gasteiger partial charge in [-0.1, -0.05) is 43.9 Å². The van der Waals surface area contributed by atoms with Gasteiger partial charge in [0.2, 0.25) is 0 Å². The van der Waals surface area contributed by atoms with Gasteiger partial charge in [-0.25, -0.2) is 15.0 Å². The minimum Gasteiger partial charge on any atom is -0.399 e. The van der Waals surface area contributed by atoms with Crippen molar-refractivity contribution in [3.8, 4) is 0 Å². The Balaban J connectivity index is 1.83.